The van der Waals surface area contributed by atoms with Crippen molar-refractivity contribution in [1.82, 2.24) is 0 Å². The summed E-state index contributed by atoms with van der Waals surface area (Å²) in [4.78, 5) is 6.23. The highest BCUT2D eigenvalue weighted by Gasteiger charge is 2.27. The summed E-state index contributed by atoms with van der Waals surface area (Å²) in [6.45, 7) is 8.14. The van der Waals surface area contributed by atoms with Crippen LogP contribution in [-0.4, -0.2) is 13.2 Å². The molecule has 3 nitrogen and oxygen atoms in total. The summed E-state index contributed by atoms with van der Waals surface area (Å²) < 4.78 is 11.9. The van der Waals surface area contributed by atoms with Gasteiger partial charge in [0.05, 0.1) is 16.3 Å². The van der Waals surface area contributed by atoms with Gasteiger partial charge in [-0.3, -0.25) is 0 Å². The predicted molar refractivity (Wildman–Crippen MR) is 184 cm³/mol. The zero-order valence-electron chi connectivity index (χ0n) is 26.0. The van der Waals surface area contributed by atoms with E-state index in [1.165, 1.54) is 94.9 Å². The van der Waals surface area contributed by atoms with E-state index in [9.17, 15) is 0 Å². The van der Waals surface area contributed by atoms with E-state index in [4.69, 9.17) is 9.47 Å². The largest absolute Gasteiger partial charge is 0.485 e. The van der Waals surface area contributed by atoms with E-state index < -0.39 is 0 Å². The average molecular weight is 612 g/mol. The molecule has 0 bridgehead atoms. The second-order valence-corrected chi connectivity index (χ2v) is 13.9. The van der Waals surface area contributed by atoms with Crippen molar-refractivity contribution in [1.29, 1.82) is 0 Å². The summed E-state index contributed by atoms with van der Waals surface area (Å²) in [7, 11) is 0. The van der Waals surface area contributed by atoms with Crippen LogP contribution in [-0.2, 0) is 12.8 Å². The highest BCUT2D eigenvalue weighted by molar-refractivity contribution is 7.99. The van der Waals surface area contributed by atoms with E-state index in [1.54, 1.807) is 11.3 Å². The molecule has 43 heavy (non-hydrogen) atoms. The number of anilines is 3. The fourth-order valence-corrected chi connectivity index (χ4v) is 8.40. The summed E-state index contributed by atoms with van der Waals surface area (Å²) in [6.07, 6.45) is 12.6. The first-order valence-corrected chi connectivity index (χ1v) is 18.1. The zero-order chi connectivity index (χ0) is 29.6. The van der Waals surface area contributed by atoms with Gasteiger partial charge in [-0.25, -0.2) is 0 Å². The van der Waals surface area contributed by atoms with Crippen LogP contribution in [0.25, 0.3) is 10.4 Å². The Morgan fingerprint density at radius 2 is 1.51 bits per heavy atom. The molecule has 0 spiro atoms. The van der Waals surface area contributed by atoms with Crippen LogP contribution in [0.2, 0.25) is 0 Å². The quantitative estimate of drug-likeness (QED) is 0.123. The van der Waals surface area contributed by atoms with Crippen LogP contribution >= 0.6 is 23.1 Å². The van der Waals surface area contributed by atoms with Gasteiger partial charge in [0.15, 0.2) is 11.5 Å². The number of unbranched alkanes of at least 4 members (excludes halogenated alkanes) is 4. The molecular formula is C38H45NO2S2. The maximum absolute atomic E-state index is 6.05. The van der Waals surface area contributed by atoms with Crippen LogP contribution in [0.3, 0.4) is 0 Å². The molecule has 0 N–H and O–H groups in total. The van der Waals surface area contributed by atoms with Crippen molar-refractivity contribution in [2.45, 2.75) is 94.8 Å². The molecule has 1 aromatic heterocycles. The molecule has 0 aliphatic carbocycles. The van der Waals surface area contributed by atoms with E-state index in [0.29, 0.717) is 13.2 Å². The molecule has 2 aliphatic rings. The Bertz CT molecular complexity index is 1510. The number of nitrogens with zero attached hydrogens (tertiary/aromatic N) is 1. The third kappa shape index (κ3) is 6.78. The number of ether oxygens (including phenoxy) is 2. The van der Waals surface area contributed by atoms with E-state index in [-0.39, 0.29) is 0 Å². The Kier molecular flexibility index (Phi) is 10.00. The summed E-state index contributed by atoms with van der Waals surface area (Å²) in [6, 6.07) is 23.4. The normalized spacial score (nSPS) is 14.3. The van der Waals surface area contributed by atoms with Crippen LogP contribution in [0.15, 0.2) is 75.8 Å². The maximum Gasteiger partial charge on any atom is 0.179 e. The number of thiophene rings is 1. The summed E-state index contributed by atoms with van der Waals surface area (Å²) in [5, 5.41) is 2.08. The fourth-order valence-electron chi connectivity index (χ4n) is 6.31. The Balaban J connectivity index is 1.34. The third-order valence-electron chi connectivity index (χ3n) is 8.83. The molecule has 226 valence electrons. The first kappa shape index (κ1) is 30.1. The van der Waals surface area contributed by atoms with Crippen molar-refractivity contribution in [3.63, 3.8) is 0 Å². The lowest BCUT2D eigenvalue weighted by Crippen LogP contribution is -2.15. The van der Waals surface area contributed by atoms with Gasteiger partial charge in [0.25, 0.3) is 0 Å². The van der Waals surface area contributed by atoms with Gasteiger partial charge in [0, 0.05) is 20.9 Å². The Morgan fingerprint density at radius 1 is 0.767 bits per heavy atom. The Hall–Kier alpha value is -2.89. The summed E-state index contributed by atoms with van der Waals surface area (Å²) in [5.41, 5.74) is 7.81. The summed E-state index contributed by atoms with van der Waals surface area (Å²) >= 11 is 3.61. The SMILES string of the molecule is CCCCCCc1ccc(N2c3ccc(CC(CC)CCCC)cc3Sc3cc(-c4scc5c4OCCO5)ccc32)cc1. The molecule has 3 heterocycles. The van der Waals surface area contributed by atoms with Crippen LogP contribution in [0.1, 0.15) is 83.3 Å². The number of rotatable bonds is 13. The molecule has 0 amide bonds. The van der Waals surface area contributed by atoms with Crippen molar-refractivity contribution in [3.8, 4) is 21.9 Å². The average Bonchev–Trinajstić information content (AvgIpc) is 3.48. The van der Waals surface area contributed by atoms with Crippen molar-refractivity contribution >= 4 is 40.2 Å². The van der Waals surface area contributed by atoms with Crippen molar-refractivity contribution < 1.29 is 9.47 Å². The van der Waals surface area contributed by atoms with Gasteiger partial charge in [-0.05, 0) is 78.3 Å². The molecule has 0 saturated carbocycles. The maximum atomic E-state index is 6.05. The van der Waals surface area contributed by atoms with Gasteiger partial charge >= 0.3 is 0 Å². The lowest BCUT2D eigenvalue weighted by atomic mass is 9.92. The smallest absolute Gasteiger partial charge is 0.179 e. The first-order valence-electron chi connectivity index (χ1n) is 16.4. The van der Waals surface area contributed by atoms with Gasteiger partial charge in [0.1, 0.15) is 13.2 Å². The van der Waals surface area contributed by atoms with Crippen molar-refractivity contribution in [3.05, 3.63) is 77.2 Å². The molecule has 2 aliphatic heterocycles. The van der Waals surface area contributed by atoms with E-state index >= 15 is 0 Å². The number of hydrogen-bond donors (Lipinski definition) is 0. The van der Waals surface area contributed by atoms with Crippen LogP contribution in [0.5, 0.6) is 11.5 Å². The highest BCUT2D eigenvalue weighted by atomic mass is 32.2. The lowest BCUT2D eigenvalue weighted by Gasteiger charge is -2.34. The van der Waals surface area contributed by atoms with Gasteiger partial charge in [-0.15, -0.1) is 11.3 Å². The van der Waals surface area contributed by atoms with Crippen LogP contribution < -0.4 is 14.4 Å². The molecule has 1 atom stereocenters. The molecule has 0 fully saturated rings. The van der Waals surface area contributed by atoms with Crippen LogP contribution in [0, 0.1) is 5.92 Å². The number of aryl methyl sites for hydroxylation is 1. The van der Waals surface area contributed by atoms with E-state index in [1.807, 2.05) is 11.8 Å². The molecule has 1 unspecified atom stereocenters. The fraction of sp³-hybridized carbons (Fsp3) is 0.421. The topological polar surface area (TPSA) is 21.7 Å². The lowest BCUT2D eigenvalue weighted by molar-refractivity contribution is 0.174. The Morgan fingerprint density at radius 3 is 2.30 bits per heavy atom. The van der Waals surface area contributed by atoms with Crippen molar-refractivity contribution in [2.75, 3.05) is 18.1 Å². The van der Waals surface area contributed by atoms with Gasteiger partial charge in [-0.2, -0.15) is 0 Å². The van der Waals surface area contributed by atoms with Gasteiger partial charge in [0.2, 0.25) is 0 Å². The number of benzene rings is 3. The van der Waals surface area contributed by atoms with Crippen LogP contribution in [0.4, 0.5) is 17.1 Å². The van der Waals surface area contributed by atoms with E-state index in [0.717, 1.165) is 35.1 Å². The highest BCUT2D eigenvalue weighted by Crippen LogP contribution is 2.54. The second-order valence-electron chi connectivity index (χ2n) is 12.0. The first-order chi connectivity index (χ1) is 21.2. The molecule has 3 aromatic carbocycles. The van der Waals surface area contributed by atoms with E-state index in [2.05, 4.69) is 91.7 Å². The summed E-state index contributed by atoms with van der Waals surface area (Å²) in [5.74, 6) is 2.51. The molecule has 5 heteroatoms. The molecule has 4 aromatic rings. The minimum atomic E-state index is 0.603. The molecule has 0 radical (unpaired) electrons. The molecule has 6 rings (SSSR count). The number of fused-ring (bicyclic) bond motifs is 3. The predicted octanol–water partition coefficient (Wildman–Crippen LogP) is 12.0. The Labute approximate surface area is 266 Å². The standard InChI is InChI=1S/C38H45NO2S2/c1-4-7-9-10-12-28-13-17-31(18-14-28)39-32-19-15-29(23-27(6-3)11-8-5-2)24-35(32)43-36-25-30(16-20-33(36)39)38-37-34(26-42-38)40-21-22-41-37/h13-20,24-27H,4-12,21-23H2,1-3H3. The number of hydrogen-bond acceptors (Lipinski definition) is 5. The zero-order valence-corrected chi connectivity index (χ0v) is 27.6. The molecular weight excluding hydrogens is 567 g/mol. The minimum absolute atomic E-state index is 0.603. The van der Waals surface area contributed by atoms with Crippen molar-refractivity contribution in [2.24, 2.45) is 5.92 Å². The second kappa shape index (κ2) is 14.3. The minimum Gasteiger partial charge on any atom is -0.485 e. The monoisotopic (exact) mass is 611 g/mol. The van der Waals surface area contributed by atoms with Gasteiger partial charge in [-0.1, -0.05) is 102 Å². The van der Waals surface area contributed by atoms with Gasteiger partial charge < -0.3 is 14.4 Å². The third-order valence-corrected chi connectivity index (χ3v) is 10.9. The molecule has 0 saturated heterocycles.